The maximum atomic E-state index is 11.7. The maximum absolute atomic E-state index is 11.7. The van der Waals surface area contributed by atoms with Crippen molar-refractivity contribution >= 4 is 11.6 Å². The van der Waals surface area contributed by atoms with Crippen molar-refractivity contribution in [1.29, 1.82) is 0 Å². The van der Waals surface area contributed by atoms with Crippen molar-refractivity contribution in [2.24, 2.45) is 0 Å². The van der Waals surface area contributed by atoms with Crippen molar-refractivity contribution in [3.8, 4) is 5.75 Å². The fraction of sp³-hybridized carbons (Fsp3) is 0.500. The average Bonchev–Trinajstić information content (AvgIpc) is 2.92. The summed E-state index contributed by atoms with van der Waals surface area (Å²) in [7, 11) is 1.60. The molecule has 1 atom stereocenters. The van der Waals surface area contributed by atoms with E-state index in [0.717, 1.165) is 13.0 Å². The number of benzene rings is 1. The molecule has 2 rings (SSSR count). The van der Waals surface area contributed by atoms with Crippen LogP contribution in [0.4, 0.5) is 5.69 Å². The fourth-order valence-electron chi connectivity index (χ4n) is 2.09. The van der Waals surface area contributed by atoms with Crippen LogP contribution in [0.25, 0.3) is 0 Å². The third-order valence-electron chi connectivity index (χ3n) is 3.07. The summed E-state index contributed by atoms with van der Waals surface area (Å²) in [6, 6.07) is 7.65. The summed E-state index contributed by atoms with van der Waals surface area (Å²) in [4.78, 5) is 11.7. The van der Waals surface area contributed by atoms with E-state index >= 15 is 0 Å². The Morgan fingerprint density at radius 1 is 1.53 bits per heavy atom. The molecule has 1 heterocycles. The van der Waals surface area contributed by atoms with Gasteiger partial charge in [-0.3, -0.25) is 4.79 Å². The third kappa shape index (κ3) is 4.54. The standard InChI is InChI=1S/C14H20N2O3/c1-18-13-6-2-4-11(8-13)16-14(17)10-19-9-12-5-3-7-15-12/h2,4,6,8,12,15H,3,5,7,9-10H2,1H3,(H,16,17)/t12-/m0/s1. The zero-order chi connectivity index (χ0) is 13.5. The molecule has 1 amide bonds. The van der Waals surface area contributed by atoms with Gasteiger partial charge < -0.3 is 20.1 Å². The van der Waals surface area contributed by atoms with Crippen LogP contribution in [0.1, 0.15) is 12.8 Å². The van der Waals surface area contributed by atoms with Gasteiger partial charge in [-0.05, 0) is 31.5 Å². The molecule has 0 radical (unpaired) electrons. The van der Waals surface area contributed by atoms with Crippen molar-refractivity contribution in [1.82, 2.24) is 5.32 Å². The molecule has 0 aliphatic carbocycles. The fourth-order valence-corrected chi connectivity index (χ4v) is 2.09. The lowest BCUT2D eigenvalue weighted by atomic mass is 10.2. The number of ether oxygens (including phenoxy) is 2. The summed E-state index contributed by atoms with van der Waals surface area (Å²) in [5.41, 5.74) is 0.715. The van der Waals surface area contributed by atoms with Crippen molar-refractivity contribution in [3.63, 3.8) is 0 Å². The SMILES string of the molecule is COc1cccc(NC(=O)COC[C@@H]2CCCN2)c1. The molecule has 0 saturated carbocycles. The second kappa shape index (κ2) is 7.11. The Morgan fingerprint density at radius 2 is 2.42 bits per heavy atom. The van der Waals surface area contributed by atoms with E-state index in [1.165, 1.54) is 6.42 Å². The van der Waals surface area contributed by atoms with Crippen LogP contribution in [0.3, 0.4) is 0 Å². The van der Waals surface area contributed by atoms with Gasteiger partial charge in [0.05, 0.1) is 13.7 Å². The summed E-state index contributed by atoms with van der Waals surface area (Å²) in [5, 5.41) is 6.10. The highest BCUT2D eigenvalue weighted by molar-refractivity contribution is 5.91. The summed E-state index contributed by atoms with van der Waals surface area (Å²) in [6.45, 7) is 1.71. The molecule has 104 valence electrons. The van der Waals surface area contributed by atoms with Crippen molar-refractivity contribution in [2.45, 2.75) is 18.9 Å². The molecular weight excluding hydrogens is 244 g/mol. The number of amides is 1. The van der Waals surface area contributed by atoms with Gasteiger partial charge in [-0.25, -0.2) is 0 Å². The topological polar surface area (TPSA) is 59.6 Å². The molecule has 0 spiro atoms. The van der Waals surface area contributed by atoms with E-state index in [0.29, 0.717) is 24.1 Å². The van der Waals surface area contributed by atoms with Gasteiger partial charge in [0.2, 0.25) is 5.91 Å². The molecule has 1 saturated heterocycles. The molecule has 1 aromatic carbocycles. The Balaban J connectivity index is 1.70. The number of methoxy groups -OCH3 is 1. The van der Waals surface area contributed by atoms with Gasteiger partial charge >= 0.3 is 0 Å². The number of rotatable bonds is 6. The van der Waals surface area contributed by atoms with Gasteiger partial charge in [0.15, 0.2) is 0 Å². The second-order valence-corrected chi connectivity index (χ2v) is 4.59. The molecule has 5 nitrogen and oxygen atoms in total. The number of hydrogen-bond donors (Lipinski definition) is 2. The van der Waals surface area contributed by atoms with E-state index in [1.807, 2.05) is 18.2 Å². The van der Waals surface area contributed by atoms with E-state index in [4.69, 9.17) is 9.47 Å². The molecule has 0 unspecified atom stereocenters. The lowest BCUT2D eigenvalue weighted by molar-refractivity contribution is -0.120. The van der Waals surface area contributed by atoms with Crippen LogP contribution in [0.2, 0.25) is 0 Å². The van der Waals surface area contributed by atoms with Gasteiger partial charge in [0, 0.05) is 17.8 Å². The first-order chi connectivity index (χ1) is 9.28. The largest absolute Gasteiger partial charge is 0.497 e. The molecule has 5 heteroatoms. The van der Waals surface area contributed by atoms with Gasteiger partial charge in [-0.2, -0.15) is 0 Å². The van der Waals surface area contributed by atoms with Crippen LogP contribution in [-0.2, 0) is 9.53 Å². The highest BCUT2D eigenvalue weighted by Gasteiger charge is 2.14. The third-order valence-corrected chi connectivity index (χ3v) is 3.07. The van der Waals surface area contributed by atoms with Crippen molar-refractivity contribution in [2.75, 3.05) is 32.2 Å². The van der Waals surface area contributed by atoms with Gasteiger partial charge in [-0.1, -0.05) is 6.07 Å². The second-order valence-electron chi connectivity index (χ2n) is 4.59. The zero-order valence-corrected chi connectivity index (χ0v) is 11.1. The number of nitrogens with one attached hydrogen (secondary N) is 2. The first-order valence-corrected chi connectivity index (χ1v) is 6.53. The minimum Gasteiger partial charge on any atom is -0.497 e. The molecule has 1 aliphatic rings. The number of hydrogen-bond acceptors (Lipinski definition) is 4. The Labute approximate surface area is 113 Å². The highest BCUT2D eigenvalue weighted by atomic mass is 16.5. The van der Waals surface area contributed by atoms with Crippen LogP contribution in [0, 0.1) is 0 Å². The highest BCUT2D eigenvalue weighted by Crippen LogP contribution is 2.16. The van der Waals surface area contributed by atoms with Crippen molar-refractivity contribution < 1.29 is 14.3 Å². The number of anilines is 1. The van der Waals surface area contributed by atoms with E-state index in [2.05, 4.69) is 10.6 Å². The Hall–Kier alpha value is -1.59. The van der Waals surface area contributed by atoms with E-state index in [-0.39, 0.29) is 12.5 Å². The van der Waals surface area contributed by atoms with Gasteiger partial charge in [0.1, 0.15) is 12.4 Å². The maximum Gasteiger partial charge on any atom is 0.250 e. The first-order valence-electron chi connectivity index (χ1n) is 6.53. The van der Waals surface area contributed by atoms with Gasteiger partial charge in [0.25, 0.3) is 0 Å². The summed E-state index contributed by atoms with van der Waals surface area (Å²) in [5.74, 6) is 0.570. The molecule has 19 heavy (non-hydrogen) atoms. The molecule has 2 N–H and O–H groups in total. The Kier molecular flexibility index (Phi) is 5.18. The van der Waals surface area contributed by atoms with E-state index < -0.39 is 0 Å². The smallest absolute Gasteiger partial charge is 0.250 e. The molecular formula is C14H20N2O3. The predicted octanol–water partition coefficient (Wildman–Crippen LogP) is 1.40. The monoisotopic (exact) mass is 264 g/mol. The zero-order valence-electron chi connectivity index (χ0n) is 11.1. The van der Waals surface area contributed by atoms with Crippen LogP contribution in [0.5, 0.6) is 5.75 Å². The normalized spacial score (nSPS) is 18.3. The van der Waals surface area contributed by atoms with Crippen molar-refractivity contribution in [3.05, 3.63) is 24.3 Å². The predicted molar refractivity (Wildman–Crippen MR) is 73.5 cm³/mol. The number of carbonyl (C=O) groups is 1. The first kappa shape index (κ1) is 13.8. The molecule has 1 aliphatic heterocycles. The quantitative estimate of drug-likeness (QED) is 0.815. The van der Waals surface area contributed by atoms with Gasteiger partial charge in [-0.15, -0.1) is 0 Å². The van der Waals surface area contributed by atoms with Crippen LogP contribution in [-0.4, -0.2) is 38.8 Å². The van der Waals surface area contributed by atoms with E-state index in [9.17, 15) is 4.79 Å². The Morgan fingerprint density at radius 3 is 3.16 bits per heavy atom. The summed E-state index contributed by atoms with van der Waals surface area (Å²) < 4.78 is 10.5. The minimum atomic E-state index is -0.147. The van der Waals surface area contributed by atoms with Crippen LogP contribution >= 0.6 is 0 Å². The lowest BCUT2D eigenvalue weighted by Gasteiger charge is -2.11. The molecule has 1 aromatic rings. The number of carbonyl (C=O) groups excluding carboxylic acids is 1. The lowest BCUT2D eigenvalue weighted by Crippen LogP contribution is -2.29. The Bertz CT molecular complexity index is 417. The molecule has 1 fully saturated rings. The van der Waals surface area contributed by atoms with E-state index in [1.54, 1.807) is 13.2 Å². The van der Waals surface area contributed by atoms with Crippen LogP contribution < -0.4 is 15.4 Å². The summed E-state index contributed by atoms with van der Waals surface area (Å²) in [6.07, 6.45) is 2.31. The molecule has 0 bridgehead atoms. The summed E-state index contributed by atoms with van der Waals surface area (Å²) >= 11 is 0. The average molecular weight is 264 g/mol. The van der Waals surface area contributed by atoms with Crippen LogP contribution in [0.15, 0.2) is 24.3 Å². The molecule has 0 aromatic heterocycles. The minimum absolute atomic E-state index is 0.0788.